The third kappa shape index (κ3) is 5.31. The van der Waals surface area contributed by atoms with Gasteiger partial charge >= 0.3 is 0 Å². The molecule has 5 heteroatoms. The monoisotopic (exact) mass is 413 g/mol. The Bertz CT molecular complexity index is 1030. The number of anilines is 2. The third-order valence-electron chi connectivity index (χ3n) is 5.60. The second kappa shape index (κ2) is 9.47. The molecule has 2 amide bonds. The Hall–Kier alpha value is -3.60. The van der Waals surface area contributed by atoms with E-state index in [0.717, 1.165) is 35.8 Å². The lowest BCUT2D eigenvalue weighted by molar-refractivity contribution is -0.115. The van der Waals surface area contributed by atoms with Crippen LogP contribution in [0.5, 0.6) is 0 Å². The SMILES string of the molecule is CC1CCN(c2ccc(NC(=O)CNC(=O)c3ccc(-c4ccccc4)cc3)cc2)C1. The van der Waals surface area contributed by atoms with Crippen molar-refractivity contribution in [2.45, 2.75) is 13.3 Å². The van der Waals surface area contributed by atoms with Crippen molar-refractivity contribution in [3.63, 3.8) is 0 Å². The zero-order valence-electron chi connectivity index (χ0n) is 17.7. The molecule has 31 heavy (non-hydrogen) atoms. The summed E-state index contributed by atoms with van der Waals surface area (Å²) in [4.78, 5) is 27.0. The minimum Gasteiger partial charge on any atom is -0.371 e. The smallest absolute Gasteiger partial charge is 0.251 e. The molecule has 1 unspecified atom stereocenters. The first-order chi connectivity index (χ1) is 15.1. The number of hydrogen-bond donors (Lipinski definition) is 2. The molecule has 1 aliphatic rings. The summed E-state index contributed by atoms with van der Waals surface area (Å²) in [6.07, 6.45) is 1.22. The molecule has 3 aromatic carbocycles. The Labute approximate surface area is 183 Å². The summed E-state index contributed by atoms with van der Waals surface area (Å²) in [5.41, 5.74) is 4.56. The highest BCUT2D eigenvalue weighted by atomic mass is 16.2. The molecule has 1 saturated heterocycles. The zero-order chi connectivity index (χ0) is 21.6. The molecule has 2 N–H and O–H groups in total. The van der Waals surface area contributed by atoms with Crippen LogP contribution in [0.25, 0.3) is 11.1 Å². The second-order valence-electron chi connectivity index (χ2n) is 8.06. The molecule has 0 aromatic heterocycles. The standard InChI is InChI=1S/C26H27N3O2/c1-19-15-16-29(18-19)24-13-11-23(12-14-24)28-25(30)17-27-26(31)22-9-7-21(8-10-22)20-5-3-2-4-6-20/h2-14,19H,15-18H2,1H3,(H,27,31)(H,28,30). The Balaban J connectivity index is 1.27. The molecule has 1 heterocycles. The van der Waals surface area contributed by atoms with Crippen molar-refractivity contribution >= 4 is 23.2 Å². The molecule has 4 rings (SSSR count). The van der Waals surface area contributed by atoms with Crippen molar-refractivity contribution in [2.75, 3.05) is 29.9 Å². The number of amides is 2. The number of carbonyl (C=O) groups excluding carboxylic acids is 2. The van der Waals surface area contributed by atoms with Gasteiger partial charge in [-0.1, -0.05) is 49.4 Å². The number of carbonyl (C=O) groups is 2. The molecule has 158 valence electrons. The van der Waals surface area contributed by atoms with Gasteiger partial charge in [0.05, 0.1) is 6.54 Å². The summed E-state index contributed by atoms with van der Waals surface area (Å²) in [6.45, 7) is 4.33. The van der Waals surface area contributed by atoms with Crippen molar-refractivity contribution in [3.8, 4) is 11.1 Å². The molecular weight excluding hydrogens is 386 g/mol. The Morgan fingerprint density at radius 2 is 1.58 bits per heavy atom. The first kappa shape index (κ1) is 20.7. The van der Waals surface area contributed by atoms with Gasteiger partial charge in [0.1, 0.15) is 0 Å². The van der Waals surface area contributed by atoms with Gasteiger partial charge in [0.15, 0.2) is 0 Å². The molecule has 0 radical (unpaired) electrons. The molecule has 1 fully saturated rings. The highest BCUT2D eigenvalue weighted by Crippen LogP contribution is 2.24. The van der Waals surface area contributed by atoms with E-state index < -0.39 is 0 Å². The molecule has 0 saturated carbocycles. The first-order valence-corrected chi connectivity index (χ1v) is 10.7. The average Bonchev–Trinajstić information content (AvgIpc) is 3.25. The number of nitrogens with zero attached hydrogens (tertiary/aromatic N) is 1. The van der Waals surface area contributed by atoms with Crippen molar-refractivity contribution in [2.24, 2.45) is 5.92 Å². The van der Waals surface area contributed by atoms with Crippen LogP contribution < -0.4 is 15.5 Å². The first-order valence-electron chi connectivity index (χ1n) is 10.7. The Morgan fingerprint density at radius 3 is 2.23 bits per heavy atom. The molecule has 0 spiro atoms. The van der Waals surface area contributed by atoms with E-state index in [1.807, 2.05) is 66.7 Å². The lowest BCUT2D eigenvalue weighted by Gasteiger charge is -2.18. The van der Waals surface area contributed by atoms with E-state index in [2.05, 4.69) is 22.5 Å². The summed E-state index contributed by atoms with van der Waals surface area (Å²) >= 11 is 0. The van der Waals surface area contributed by atoms with Crippen LogP contribution >= 0.6 is 0 Å². The van der Waals surface area contributed by atoms with Crippen LogP contribution in [0.2, 0.25) is 0 Å². The fourth-order valence-corrected chi connectivity index (χ4v) is 3.84. The number of rotatable bonds is 6. The van der Waals surface area contributed by atoms with Gasteiger partial charge in [-0.15, -0.1) is 0 Å². The van der Waals surface area contributed by atoms with E-state index >= 15 is 0 Å². The second-order valence-corrected chi connectivity index (χ2v) is 8.06. The summed E-state index contributed by atoms with van der Waals surface area (Å²) < 4.78 is 0. The minimum absolute atomic E-state index is 0.0787. The summed E-state index contributed by atoms with van der Waals surface area (Å²) in [7, 11) is 0. The van der Waals surface area contributed by atoms with E-state index in [1.54, 1.807) is 12.1 Å². The molecule has 0 aliphatic carbocycles. The van der Waals surface area contributed by atoms with Crippen LogP contribution in [-0.2, 0) is 4.79 Å². The molecule has 1 atom stereocenters. The van der Waals surface area contributed by atoms with Gasteiger partial charge < -0.3 is 15.5 Å². The number of benzene rings is 3. The Kier molecular flexibility index (Phi) is 6.32. The maximum atomic E-state index is 12.4. The van der Waals surface area contributed by atoms with Crippen LogP contribution in [0.15, 0.2) is 78.9 Å². The average molecular weight is 414 g/mol. The van der Waals surface area contributed by atoms with E-state index in [0.29, 0.717) is 5.56 Å². The van der Waals surface area contributed by atoms with Gasteiger partial charge in [-0.3, -0.25) is 9.59 Å². The fraction of sp³-hybridized carbons (Fsp3) is 0.231. The van der Waals surface area contributed by atoms with Crippen molar-refractivity contribution < 1.29 is 9.59 Å². The van der Waals surface area contributed by atoms with Gasteiger partial charge in [0, 0.05) is 30.0 Å². The van der Waals surface area contributed by atoms with E-state index in [9.17, 15) is 9.59 Å². The quantitative estimate of drug-likeness (QED) is 0.622. The van der Waals surface area contributed by atoms with E-state index in [1.165, 1.54) is 12.1 Å². The van der Waals surface area contributed by atoms with Gasteiger partial charge in [0.2, 0.25) is 5.91 Å². The highest BCUT2D eigenvalue weighted by molar-refractivity contribution is 5.99. The molecule has 1 aliphatic heterocycles. The van der Waals surface area contributed by atoms with E-state index in [-0.39, 0.29) is 18.4 Å². The van der Waals surface area contributed by atoms with Gasteiger partial charge in [-0.05, 0) is 59.9 Å². The number of hydrogen-bond acceptors (Lipinski definition) is 3. The predicted molar refractivity (Wildman–Crippen MR) is 125 cm³/mol. The largest absolute Gasteiger partial charge is 0.371 e. The van der Waals surface area contributed by atoms with Crippen molar-refractivity contribution in [1.29, 1.82) is 0 Å². The summed E-state index contributed by atoms with van der Waals surface area (Å²) in [5.74, 6) is 0.197. The molecular formula is C26H27N3O2. The topological polar surface area (TPSA) is 61.4 Å². The maximum absolute atomic E-state index is 12.4. The maximum Gasteiger partial charge on any atom is 0.251 e. The normalized spacial score (nSPS) is 15.5. The van der Waals surface area contributed by atoms with Gasteiger partial charge in [-0.2, -0.15) is 0 Å². The third-order valence-corrected chi connectivity index (χ3v) is 5.60. The highest BCUT2D eigenvalue weighted by Gasteiger charge is 2.18. The zero-order valence-corrected chi connectivity index (χ0v) is 17.7. The van der Waals surface area contributed by atoms with Crippen LogP contribution in [0.1, 0.15) is 23.7 Å². The van der Waals surface area contributed by atoms with Crippen LogP contribution in [0.3, 0.4) is 0 Å². The molecule has 3 aromatic rings. The predicted octanol–water partition coefficient (Wildman–Crippen LogP) is 4.57. The minimum atomic E-state index is -0.270. The van der Waals surface area contributed by atoms with Crippen molar-refractivity contribution in [3.05, 3.63) is 84.4 Å². The lowest BCUT2D eigenvalue weighted by atomic mass is 10.0. The molecule has 0 bridgehead atoms. The lowest BCUT2D eigenvalue weighted by Crippen LogP contribution is -2.32. The van der Waals surface area contributed by atoms with Gasteiger partial charge in [0.25, 0.3) is 5.91 Å². The van der Waals surface area contributed by atoms with Crippen LogP contribution in [-0.4, -0.2) is 31.4 Å². The summed E-state index contributed by atoms with van der Waals surface area (Å²) in [5, 5.41) is 5.51. The fourth-order valence-electron chi connectivity index (χ4n) is 3.84. The van der Waals surface area contributed by atoms with E-state index in [4.69, 9.17) is 0 Å². The van der Waals surface area contributed by atoms with Gasteiger partial charge in [-0.25, -0.2) is 0 Å². The van der Waals surface area contributed by atoms with Crippen LogP contribution in [0.4, 0.5) is 11.4 Å². The van der Waals surface area contributed by atoms with Crippen molar-refractivity contribution in [1.82, 2.24) is 5.32 Å². The molecule has 5 nitrogen and oxygen atoms in total. The van der Waals surface area contributed by atoms with Crippen LogP contribution in [0, 0.1) is 5.92 Å². The number of nitrogens with one attached hydrogen (secondary N) is 2. The Morgan fingerprint density at radius 1 is 0.903 bits per heavy atom. The summed E-state index contributed by atoms with van der Waals surface area (Å²) in [6, 6.07) is 25.2.